The van der Waals surface area contributed by atoms with Crippen LogP contribution < -0.4 is 9.64 Å². The van der Waals surface area contributed by atoms with E-state index < -0.39 is 5.97 Å². The Labute approximate surface area is 115 Å². The van der Waals surface area contributed by atoms with Gasteiger partial charge in [0.15, 0.2) is 0 Å². The van der Waals surface area contributed by atoms with Crippen LogP contribution in [0.4, 0.5) is 5.69 Å². The molecule has 1 N–H and O–H groups in total. The van der Waals surface area contributed by atoms with Gasteiger partial charge < -0.3 is 14.7 Å². The molecule has 4 nitrogen and oxygen atoms in total. The van der Waals surface area contributed by atoms with Gasteiger partial charge in [0.25, 0.3) is 0 Å². The lowest BCUT2D eigenvalue weighted by Gasteiger charge is -2.21. The van der Waals surface area contributed by atoms with Crippen molar-refractivity contribution in [3.63, 3.8) is 0 Å². The van der Waals surface area contributed by atoms with E-state index in [-0.39, 0.29) is 0 Å². The molecule has 0 spiro atoms. The SMILES string of the molecule is COc1ccccc1N(C)Cc1ccsc1C(=O)O. The smallest absolute Gasteiger partial charge is 0.346 e. The summed E-state index contributed by atoms with van der Waals surface area (Å²) < 4.78 is 5.31. The average molecular weight is 277 g/mol. The highest BCUT2D eigenvalue weighted by molar-refractivity contribution is 7.12. The molecule has 0 bridgehead atoms. The number of benzene rings is 1. The first-order valence-electron chi connectivity index (χ1n) is 5.77. The first-order valence-corrected chi connectivity index (χ1v) is 6.65. The number of aromatic carboxylic acids is 1. The number of para-hydroxylation sites is 2. The quantitative estimate of drug-likeness (QED) is 0.912. The minimum absolute atomic E-state index is 0.391. The van der Waals surface area contributed by atoms with E-state index >= 15 is 0 Å². The number of hydrogen-bond donors (Lipinski definition) is 1. The van der Waals surface area contributed by atoms with Crippen LogP contribution in [-0.4, -0.2) is 25.2 Å². The van der Waals surface area contributed by atoms with E-state index in [1.807, 2.05) is 42.3 Å². The summed E-state index contributed by atoms with van der Waals surface area (Å²) in [6.45, 7) is 0.533. The highest BCUT2D eigenvalue weighted by Gasteiger charge is 2.15. The topological polar surface area (TPSA) is 49.8 Å². The minimum Gasteiger partial charge on any atom is -0.495 e. The number of thiophene rings is 1. The maximum absolute atomic E-state index is 11.1. The Bertz CT molecular complexity index is 580. The Hall–Kier alpha value is -2.01. The Balaban J connectivity index is 2.23. The second-order valence-electron chi connectivity index (χ2n) is 4.11. The summed E-state index contributed by atoms with van der Waals surface area (Å²) in [6.07, 6.45) is 0. The number of anilines is 1. The Morgan fingerprint density at radius 2 is 2.11 bits per heavy atom. The first-order chi connectivity index (χ1) is 9.13. The predicted molar refractivity (Wildman–Crippen MR) is 76.4 cm³/mol. The summed E-state index contributed by atoms with van der Waals surface area (Å²) in [6, 6.07) is 9.52. The molecule has 0 unspecified atom stereocenters. The van der Waals surface area contributed by atoms with Crippen LogP contribution in [0.2, 0.25) is 0 Å². The lowest BCUT2D eigenvalue weighted by atomic mass is 10.2. The van der Waals surface area contributed by atoms with Gasteiger partial charge in [0.1, 0.15) is 10.6 Å². The molecule has 100 valence electrons. The maximum Gasteiger partial charge on any atom is 0.346 e. The van der Waals surface area contributed by atoms with E-state index in [1.165, 1.54) is 11.3 Å². The van der Waals surface area contributed by atoms with Crippen LogP contribution in [0.25, 0.3) is 0 Å². The van der Waals surface area contributed by atoms with Crippen molar-refractivity contribution in [1.82, 2.24) is 0 Å². The van der Waals surface area contributed by atoms with Gasteiger partial charge in [-0.3, -0.25) is 0 Å². The molecule has 1 heterocycles. The van der Waals surface area contributed by atoms with Gasteiger partial charge in [-0.2, -0.15) is 0 Å². The summed E-state index contributed by atoms with van der Waals surface area (Å²) in [7, 11) is 3.54. The summed E-state index contributed by atoms with van der Waals surface area (Å²) in [5.41, 5.74) is 1.75. The van der Waals surface area contributed by atoms with E-state index in [1.54, 1.807) is 12.5 Å². The number of carbonyl (C=O) groups is 1. The molecular weight excluding hydrogens is 262 g/mol. The van der Waals surface area contributed by atoms with Crippen LogP contribution in [0.3, 0.4) is 0 Å². The zero-order chi connectivity index (χ0) is 13.8. The molecule has 0 radical (unpaired) electrons. The lowest BCUT2D eigenvalue weighted by molar-refractivity contribution is 0.0701. The van der Waals surface area contributed by atoms with Gasteiger partial charge in [0.2, 0.25) is 0 Å². The van der Waals surface area contributed by atoms with Crippen molar-refractivity contribution in [3.05, 3.63) is 46.2 Å². The lowest BCUT2D eigenvalue weighted by Crippen LogP contribution is -2.18. The molecule has 0 saturated heterocycles. The van der Waals surface area contributed by atoms with Crippen molar-refractivity contribution < 1.29 is 14.6 Å². The number of ether oxygens (including phenoxy) is 1. The van der Waals surface area contributed by atoms with Gasteiger partial charge in [0, 0.05) is 13.6 Å². The number of carboxylic acid groups (broad SMARTS) is 1. The molecule has 2 rings (SSSR count). The monoisotopic (exact) mass is 277 g/mol. The molecule has 1 aromatic carbocycles. The van der Waals surface area contributed by atoms with Crippen molar-refractivity contribution in [1.29, 1.82) is 0 Å². The molecule has 0 aliphatic rings. The minimum atomic E-state index is -0.876. The van der Waals surface area contributed by atoms with Crippen molar-refractivity contribution in [3.8, 4) is 5.75 Å². The molecule has 5 heteroatoms. The zero-order valence-corrected chi connectivity index (χ0v) is 11.6. The van der Waals surface area contributed by atoms with Crippen molar-refractivity contribution in [2.45, 2.75) is 6.54 Å². The number of rotatable bonds is 5. The summed E-state index contributed by atoms with van der Waals surface area (Å²) >= 11 is 1.25. The molecule has 0 aliphatic carbocycles. The van der Waals surface area contributed by atoms with Gasteiger partial charge in [0.05, 0.1) is 12.8 Å². The molecule has 2 aromatic rings. The molecule has 0 saturated carbocycles. The van der Waals surface area contributed by atoms with Crippen molar-refractivity contribution >= 4 is 23.0 Å². The van der Waals surface area contributed by atoms with Crippen LogP contribution in [0.5, 0.6) is 5.75 Å². The molecule has 0 fully saturated rings. The van der Waals surface area contributed by atoms with Gasteiger partial charge >= 0.3 is 5.97 Å². The summed E-state index contributed by atoms with van der Waals surface area (Å²) in [5, 5.41) is 10.9. The van der Waals surface area contributed by atoms with E-state index in [0.717, 1.165) is 17.0 Å². The fourth-order valence-electron chi connectivity index (χ4n) is 1.93. The predicted octanol–water partition coefficient (Wildman–Crippen LogP) is 3.09. The third-order valence-corrected chi connectivity index (χ3v) is 3.79. The molecular formula is C14H15NO3S. The Kier molecular flexibility index (Phi) is 4.06. The van der Waals surface area contributed by atoms with E-state index in [0.29, 0.717) is 11.4 Å². The zero-order valence-electron chi connectivity index (χ0n) is 10.8. The second-order valence-corrected chi connectivity index (χ2v) is 5.02. The normalized spacial score (nSPS) is 10.2. The van der Waals surface area contributed by atoms with Crippen LogP contribution in [-0.2, 0) is 6.54 Å². The number of hydrogen-bond acceptors (Lipinski definition) is 4. The Morgan fingerprint density at radius 1 is 1.37 bits per heavy atom. The third kappa shape index (κ3) is 2.88. The van der Waals surface area contributed by atoms with Crippen LogP contribution in [0.1, 0.15) is 15.2 Å². The van der Waals surface area contributed by atoms with Gasteiger partial charge in [-0.05, 0) is 29.1 Å². The first kappa shape index (κ1) is 13.4. The molecule has 0 amide bonds. The maximum atomic E-state index is 11.1. The third-order valence-electron chi connectivity index (χ3n) is 2.84. The molecule has 0 atom stereocenters. The van der Waals surface area contributed by atoms with Crippen LogP contribution in [0, 0.1) is 0 Å². The number of nitrogens with zero attached hydrogens (tertiary/aromatic N) is 1. The summed E-state index contributed by atoms with van der Waals surface area (Å²) in [5.74, 6) is -0.101. The number of carboxylic acids is 1. The van der Waals surface area contributed by atoms with Gasteiger partial charge in [-0.15, -0.1) is 11.3 Å². The van der Waals surface area contributed by atoms with E-state index in [4.69, 9.17) is 9.84 Å². The largest absolute Gasteiger partial charge is 0.495 e. The molecule has 1 aromatic heterocycles. The van der Waals surface area contributed by atoms with E-state index in [9.17, 15) is 4.79 Å². The van der Waals surface area contributed by atoms with Gasteiger partial charge in [-0.25, -0.2) is 4.79 Å². The van der Waals surface area contributed by atoms with Crippen LogP contribution in [0.15, 0.2) is 35.7 Å². The van der Waals surface area contributed by atoms with E-state index in [2.05, 4.69) is 0 Å². The fourth-order valence-corrected chi connectivity index (χ4v) is 2.69. The second kappa shape index (κ2) is 5.75. The van der Waals surface area contributed by atoms with Crippen LogP contribution >= 0.6 is 11.3 Å². The standard InChI is InChI=1S/C14H15NO3S/c1-15(11-5-3-4-6-12(11)18-2)9-10-7-8-19-13(10)14(16)17/h3-8H,9H2,1-2H3,(H,16,17). The fraction of sp³-hybridized carbons (Fsp3) is 0.214. The molecule has 0 aliphatic heterocycles. The highest BCUT2D eigenvalue weighted by Crippen LogP contribution is 2.29. The molecule has 19 heavy (non-hydrogen) atoms. The number of methoxy groups -OCH3 is 1. The highest BCUT2D eigenvalue weighted by atomic mass is 32.1. The van der Waals surface area contributed by atoms with Crippen molar-refractivity contribution in [2.75, 3.05) is 19.1 Å². The Morgan fingerprint density at radius 3 is 2.79 bits per heavy atom. The average Bonchev–Trinajstić information content (AvgIpc) is 2.87. The van der Waals surface area contributed by atoms with Crippen molar-refractivity contribution in [2.24, 2.45) is 0 Å². The summed E-state index contributed by atoms with van der Waals surface area (Å²) in [4.78, 5) is 13.5. The van der Waals surface area contributed by atoms with Gasteiger partial charge in [-0.1, -0.05) is 12.1 Å².